The van der Waals surface area contributed by atoms with Gasteiger partial charge in [-0.2, -0.15) is 0 Å². The van der Waals surface area contributed by atoms with Crippen LogP contribution >= 0.6 is 11.3 Å². The van der Waals surface area contributed by atoms with E-state index in [1.54, 1.807) is 11.3 Å². The second kappa shape index (κ2) is 4.89. The molecule has 0 radical (unpaired) electrons. The van der Waals surface area contributed by atoms with E-state index in [0.29, 0.717) is 0 Å². The van der Waals surface area contributed by atoms with Crippen molar-refractivity contribution in [2.75, 3.05) is 6.54 Å². The van der Waals surface area contributed by atoms with Gasteiger partial charge in [0, 0.05) is 17.5 Å². The lowest BCUT2D eigenvalue weighted by Gasteiger charge is -2.26. The van der Waals surface area contributed by atoms with Gasteiger partial charge < -0.3 is 5.73 Å². The third-order valence-corrected chi connectivity index (χ3v) is 3.56. The van der Waals surface area contributed by atoms with E-state index >= 15 is 0 Å². The van der Waals surface area contributed by atoms with Crippen molar-refractivity contribution in [2.45, 2.75) is 40.0 Å². The van der Waals surface area contributed by atoms with Gasteiger partial charge in [-0.3, -0.25) is 0 Å². The highest BCUT2D eigenvalue weighted by Crippen LogP contribution is 2.28. The van der Waals surface area contributed by atoms with Crippen molar-refractivity contribution >= 4 is 11.3 Å². The van der Waals surface area contributed by atoms with E-state index in [0.717, 1.165) is 18.7 Å². The third-order valence-electron chi connectivity index (χ3n) is 2.59. The summed E-state index contributed by atoms with van der Waals surface area (Å²) >= 11 is 1.75. The number of aromatic nitrogens is 1. The van der Waals surface area contributed by atoms with Crippen molar-refractivity contribution in [1.82, 2.24) is 4.98 Å². The summed E-state index contributed by atoms with van der Waals surface area (Å²) in [7, 11) is 0. The van der Waals surface area contributed by atoms with Gasteiger partial charge in [-0.15, -0.1) is 11.3 Å². The summed E-state index contributed by atoms with van der Waals surface area (Å²) in [4.78, 5) is 4.49. The molecule has 1 heterocycles. The first-order chi connectivity index (χ1) is 6.59. The Morgan fingerprint density at radius 2 is 2.29 bits per heavy atom. The van der Waals surface area contributed by atoms with Gasteiger partial charge in [-0.1, -0.05) is 20.3 Å². The van der Waals surface area contributed by atoms with Gasteiger partial charge in [0.25, 0.3) is 0 Å². The third kappa shape index (κ3) is 3.07. The van der Waals surface area contributed by atoms with Crippen molar-refractivity contribution in [3.8, 4) is 0 Å². The molecule has 1 atom stereocenters. The number of thiazole rings is 1. The van der Waals surface area contributed by atoms with Crippen LogP contribution in [0.4, 0.5) is 0 Å². The van der Waals surface area contributed by atoms with Crippen molar-refractivity contribution in [3.05, 3.63) is 16.1 Å². The van der Waals surface area contributed by atoms with Crippen LogP contribution < -0.4 is 5.73 Å². The lowest BCUT2D eigenvalue weighted by Crippen LogP contribution is -2.29. The minimum Gasteiger partial charge on any atom is -0.330 e. The van der Waals surface area contributed by atoms with Crippen molar-refractivity contribution < 1.29 is 0 Å². The zero-order valence-electron chi connectivity index (χ0n) is 9.34. The molecule has 2 N–H and O–H groups in total. The molecule has 0 aromatic carbocycles. The molecule has 0 fully saturated rings. The smallest absolute Gasteiger partial charge is 0.0934 e. The first kappa shape index (κ1) is 11.7. The fourth-order valence-corrected chi connectivity index (χ4v) is 2.70. The highest BCUT2D eigenvalue weighted by molar-refractivity contribution is 7.09. The van der Waals surface area contributed by atoms with Crippen LogP contribution in [0.2, 0.25) is 0 Å². The average Bonchev–Trinajstić information content (AvgIpc) is 2.51. The largest absolute Gasteiger partial charge is 0.330 e. The second-order valence-electron chi connectivity index (χ2n) is 4.32. The standard InChI is InChI=1S/C11H20N2S/c1-4-5-11(3,8-12)6-10-13-9(2)7-14-10/h7H,4-6,8,12H2,1-3H3. The van der Waals surface area contributed by atoms with Crippen LogP contribution in [0.3, 0.4) is 0 Å². The highest BCUT2D eigenvalue weighted by Gasteiger charge is 2.23. The van der Waals surface area contributed by atoms with E-state index in [9.17, 15) is 0 Å². The fraction of sp³-hybridized carbons (Fsp3) is 0.727. The molecule has 14 heavy (non-hydrogen) atoms. The van der Waals surface area contributed by atoms with Crippen molar-refractivity contribution in [3.63, 3.8) is 0 Å². The van der Waals surface area contributed by atoms with Crippen LogP contribution in [0.15, 0.2) is 5.38 Å². The van der Waals surface area contributed by atoms with Gasteiger partial charge in [-0.05, 0) is 25.3 Å². The van der Waals surface area contributed by atoms with Crippen LogP contribution in [0, 0.1) is 12.3 Å². The van der Waals surface area contributed by atoms with Crippen LogP contribution in [0.5, 0.6) is 0 Å². The molecular weight excluding hydrogens is 192 g/mol. The van der Waals surface area contributed by atoms with E-state index in [1.165, 1.54) is 17.8 Å². The molecule has 80 valence electrons. The Morgan fingerprint density at radius 3 is 2.71 bits per heavy atom. The normalized spacial score (nSPS) is 15.4. The van der Waals surface area contributed by atoms with Crippen molar-refractivity contribution in [1.29, 1.82) is 0 Å². The molecule has 0 saturated heterocycles. The SMILES string of the molecule is CCCC(C)(CN)Cc1nc(C)cs1. The fourth-order valence-electron chi connectivity index (χ4n) is 1.72. The average molecular weight is 212 g/mol. The summed E-state index contributed by atoms with van der Waals surface area (Å²) in [6, 6.07) is 0. The van der Waals surface area contributed by atoms with Crippen LogP contribution in [-0.4, -0.2) is 11.5 Å². The Bertz CT molecular complexity index is 283. The number of nitrogens with two attached hydrogens (primary N) is 1. The predicted molar refractivity (Wildman–Crippen MR) is 62.6 cm³/mol. The highest BCUT2D eigenvalue weighted by atomic mass is 32.1. The van der Waals surface area contributed by atoms with E-state index < -0.39 is 0 Å². The second-order valence-corrected chi connectivity index (χ2v) is 5.27. The molecule has 0 saturated carbocycles. The Kier molecular flexibility index (Phi) is 4.08. The zero-order valence-corrected chi connectivity index (χ0v) is 10.2. The summed E-state index contributed by atoms with van der Waals surface area (Å²) in [6.45, 7) is 7.26. The quantitative estimate of drug-likeness (QED) is 0.815. The molecule has 3 heteroatoms. The molecular formula is C11H20N2S. The number of hydrogen-bond donors (Lipinski definition) is 1. The lowest BCUT2D eigenvalue weighted by molar-refractivity contribution is 0.302. The number of aryl methyl sites for hydroxylation is 1. The van der Waals surface area contributed by atoms with Gasteiger partial charge >= 0.3 is 0 Å². The zero-order chi connectivity index (χ0) is 10.6. The first-order valence-electron chi connectivity index (χ1n) is 5.21. The maximum absolute atomic E-state index is 5.82. The molecule has 1 aromatic rings. The van der Waals surface area contributed by atoms with E-state index in [4.69, 9.17) is 5.73 Å². The van der Waals surface area contributed by atoms with E-state index in [1.807, 2.05) is 6.92 Å². The minimum absolute atomic E-state index is 0.235. The maximum atomic E-state index is 5.82. The van der Waals surface area contributed by atoms with Gasteiger partial charge in [0.2, 0.25) is 0 Å². The van der Waals surface area contributed by atoms with Gasteiger partial charge in [0.1, 0.15) is 0 Å². The number of nitrogens with zero attached hydrogens (tertiary/aromatic N) is 1. The number of rotatable bonds is 5. The minimum atomic E-state index is 0.235. The maximum Gasteiger partial charge on any atom is 0.0934 e. The number of hydrogen-bond acceptors (Lipinski definition) is 3. The summed E-state index contributed by atoms with van der Waals surface area (Å²) < 4.78 is 0. The molecule has 0 aliphatic carbocycles. The molecule has 0 aliphatic heterocycles. The Hall–Kier alpha value is -0.410. The van der Waals surface area contributed by atoms with Gasteiger partial charge in [-0.25, -0.2) is 4.98 Å². The van der Waals surface area contributed by atoms with Crippen LogP contribution in [-0.2, 0) is 6.42 Å². The Morgan fingerprint density at radius 1 is 1.57 bits per heavy atom. The summed E-state index contributed by atoms with van der Waals surface area (Å²) in [5, 5.41) is 3.34. The molecule has 1 aromatic heterocycles. The molecule has 0 bridgehead atoms. The summed E-state index contributed by atoms with van der Waals surface area (Å²) in [5.41, 5.74) is 7.19. The lowest BCUT2D eigenvalue weighted by atomic mass is 9.83. The molecule has 0 amide bonds. The van der Waals surface area contributed by atoms with E-state index in [2.05, 4.69) is 24.2 Å². The molecule has 2 nitrogen and oxygen atoms in total. The van der Waals surface area contributed by atoms with Crippen LogP contribution in [0.25, 0.3) is 0 Å². The van der Waals surface area contributed by atoms with Crippen molar-refractivity contribution in [2.24, 2.45) is 11.1 Å². The van der Waals surface area contributed by atoms with Crippen LogP contribution in [0.1, 0.15) is 37.4 Å². The predicted octanol–water partition coefficient (Wildman–Crippen LogP) is 2.76. The molecule has 0 aliphatic rings. The van der Waals surface area contributed by atoms with Gasteiger partial charge in [0.05, 0.1) is 5.01 Å². The molecule has 0 spiro atoms. The van der Waals surface area contributed by atoms with Gasteiger partial charge in [0.15, 0.2) is 0 Å². The first-order valence-corrected chi connectivity index (χ1v) is 6.08. The Labute approximate surface area is 90.6 Å². The van der Waals surface area contributed by atoms with E-state index in [-0.39, 0.29) is 5.41 Å². The molecule has 1 unspecified atom stereocenters. The Balaban J connectivity index is 2.64. The summed E-state index contributed by atoms with van der Waals surface area (Å²) in [6.07, 6.45) is 3.40. The monoisotopic (exact) mass is 212 g/mol. The topological polar surface area (TPSA) is 38.9 Å². The summed E-state index contributed by atoms with van der Waals surface area (Å²) in [5.74, 6) is 0. The molecule has 1 rings (SSSR count).